The third kappa shape index (κ3) is 11.1. The Bertz CT molecular complexity index is 1320. The molecule has 0 aromatic heterocycles. The highest BCUT2D eigenvalue weighted by atomic mass is 16.6. The van der Waals surface area contributed by atoms with Crippen LogP contribution in [0.25, 0.3) is 0 Å². The SMILES string of the molecule is C#Cc1ccccc1C(C(=O)Nc1c(C)cccc1C)N(CCCCCCCC)C(=O)C(CC(N)=O)NC(=O)OC(C)(C)C. The third-order valence-corrected chi connectivity index (χ3v) is 7.13. The van der Waals surface area contributed by atoms with E-state index >= 15 is 0 Å². The molecule has 2 aromatic rings. The molecule has 2 unspecified atom stereocenters. The van der Waals surface area contributed by atoms with Gasteiger partial charge in [-0.25, -0.2) is 4.79 Å². The van der Waals surface area contributed by atoms with Gasteiger partial charge < -0.3 is 26.0 Å². The molecule has 9 nitrogen and oxygen atoms in total. The second kappa shape index (κ2) is 17.1. The standard InChI is InChI=1S/C35H48N4O5/c1-8-10-11-12-13-16-22-39(33(42)28(23-29(36)40)37-34(43)44-35(5,6)7)31(27-21-15-14-20-26(27)9-2)32(41)38-30-24(3)18-17-19-25(30)4/h2,14-15,17-21,28,31H,8,10-13,16,22-23H2,1,3-7H3,(H2,36,40)(H,37,43)(H,38,41). The number of nitrogens with zero attached hydrogens (tertiary/aromatic N) is 1. The van der Waals surface area contributed by atoms with Gasteiger partial charge in [-0.3, -0.25) is 14.4 Å². The number of carbonyl (C=O) groups is 4. The molecule has 2 aromatic carbocycles. The fourth-order valence-electron chi connectivity index (χ4n) is 5.00. The van der Waals surface area contributed by atoms with Crippen molar-refractivity contribution in [3.05, 3.63) is 64.7 Å². The smallest absolute Gasteiger partial charge is 0.408 e. The van der Waals surface area contributed by atoms with Crippen LogP contribution in [0.2, 0.25) is 0 Å². The number of amides is 4. The van der Waals surface area contributed by atoms with Crippen LogP contribution in [-0.2, 0) is 19.1 Å². The number of hydrogen-bond donors (Lipinski definition) is 3. The van der Waals surface area contributed by atoms with Crippen molar-refractivity contribution in [3.63, 3.8) is 0 Å². The molecular formula is C35H48N4O5. The molecular weight excluding hydrogens is 556 g/mol. The van der Waals surface area contributed by atoms with Gasteiger partial charge in [0.25, 0.3) is 5.91 Å². The number of hydrogen-bond acceptors (Lipinski definition) is 5. The van der Waals surface area contributed by atoms with Crippen molar-refractivity contribution >= 4 is 29.5 Å². The molecule has 0 saturated carbocycles. The topological polar surface area (TPSA) is 131 Å². The maximum atomic E-state index is 14.4. The largest absolute Gasteiger partial charge is 0.444 e. The summed E-state index contributed by atoms with van der Waals surface area (Å²) in [6.07, 6.45) is 10.2. The van der Waals surface area contributed by atoms with E-state index in [-0.39, 0.29) is 6.54 Å². The molecule has 0 radical (unpaired) electrons. The number of nitrogens with two attached hydrogens (primary N) is 1. The van der Waals surface area contributed by atoms with Crippen LogP contribution in [0.5, 0.6) is 0 Å². The van der Waals surface area contributed by atoms with E-state index in [1.54, 1.807) is 45.0 Å². The lowest BCUT2D eigenvalue weighted by Crippen LogP contribution is -2.53. The van der Waals surface area contributed by atoms with Crippen molar-refractivity contribution < 1.29 is 23.9 Å². The van der Waals surface area contributed by atoms with E-state index in [2.05, 4.69) is 23.5 Å². The van der Waals surface area contributed by atoms with Crippen LogP contribution in [0.1, 0.15) is 101 Å². The highest BCUT2D eigenvalue weighted by Crippen LogP contribution is 2.29. The zero-order valence-electron chi connectivity index (χ0n) is 27.0. The molecule has 238 valence electrons. The molecule has 2 atom stereocenters. The monoisotopic (exact) mass is 604 g/mol. The maximum absolute atomic E-state index is 14.4. The number of primary amides is 1. The van der Waals surface area contributed by atoms with Gasteiger partial charge in [0.2, 0.25) is 11.8 Å². The Kier molecular flexibility index (Phi) is 13.9. The Morgan fingerprint density at radius 1 is 0.955 bits per heavy atom. The summed E-state index contributed by atoms with van der Waals surface area (Å²) in [5.41, 5.74) is 7.92. The van der Waals surface area contributed by atoms with Crippen LogP contribution in [0.15, 0.2) is 42.5 Å². The van der Waals surface area contributed by atoms with Crippen LogP contribution >= 0.6 is 0 Å². The molecule has 2 rings (SSSR count). The number of aryl methyl sites for hydroxylation is 2. The van der Waals surface area contributed by atoms with Gasteiger partial charge in [0.15, 0.2) is 0 Å². The first-order valence-corrected chi connectivity index (χ1v) is 15.3. The average Bonchev–Trinajstić information content (AvgIpc) is 2.94. The first kappa shape index (κ1) is 35.9. The van der Waals surface area contributed by atoms with E-state index < -0.39 is 47.9 Å². The van der Waals surface area contributed by atoms with Gasteiger partial charge in [-0.05, 0) is 63.8 Å². The second-order valence-corrected chi connectivity index (χ2v) is 12.1. The van der Waals surface area contributed by atoms with Crippen molar-refractivity contribution in [2.75, 3.05) is 11.9 Å². The summed E-state index contributed by atoms with van der Waals surface area (Å²) in [6.45, 7) is 11.2. The van der Waals surface area contributed by atoms with E-state index in [1.165, 1.54) is 4.90 Å². The van der Waals surface area contributed by atoms with E-state index in [4.69, 9.17) is 16.9 Å². The molecule has 0 fully saturated rings. The van der Waals surface area contributed by atoms with Crippen LogP contribution < -0.4 is 16.4 Å². The lowest BCUT2D eigenvalue weighted by molar-refractivity contribution is -0.142. The number of ether oxygens (including phenoxy) is 1. The van der Waals surface area contributed by atoms with Crippen molar-refractivity contribution in [1.29, 1.82) is 0 Å². The van der Waals surface area contributed by atoms with Crippen LogP contribution in [0.3, 0.4) is 0 Å². The minimum atomic E-state index is -1.36. The van der Waals surface area contributed by atoms with Crippen molar-refractivity contribution in [2.45, 2.75) is 104 Å². The molecule has 0 aliphatic carbocycles. The summed E-state index contributed by atoms with van der Waals surface area (Å²) in [6, 6.07) is 10.1. The summed E-state index contributed by atoms with van der Waals surface area (Å²) >= 11 is 0. The first-order valence-electron chi connectivity index (χ1n) is 15.3. The summed E-state index contributed by atoms with van der Waals surface area (Å²) in [7, 11) is 0. The number of benzene rings is 2. The molecule has 44 heavy (non-hydrogen) atoms. The van der Waals surface area contributed by atoms with Crippen molar-refractivity contribution in [1.82, 2.24) is 10.2 Å². The van der Waals surface area contributed by atoms with Gasteiger partial charge in [-0.1, -0.05) is 81.3 Å². The summed E-state index contributed by atoms with van der Waals surface area (Å²) in [5.74, 6) is 0.733. The van der Waals surface area contributed by atoms with Crippen LogP contribution in [-0.4, -0.2) is 46.9 Å². The minimum Gasteiger partial charge on any atom is -0.444 e. The lowest BCUT2D eigenvalue weighted by Gasteiger charge is -2.35. The number of alkyl carbamates (subject to hydrolysis) is 1. The summed E-state index contributed by atoms with van der Waals surface area (Å²) < 4.78 is 5.37. The number of unbranched alkanes of at least 4 members (excludes halogenated alkanes) is 5. The predicted molar refractivity (Wildman–Crippen MR) is 174 cm³/mol. The van der Waals surface area contributed by atoms with E-state index in [0.29, 0.717) is 23.2 Å². The molecule has 9 heteroatoms. The highest BCUT2D eigenvalue weighted by Gasteiger charge is 2.38. The molecule has 0 saturated heterocycles. The quantitative estimate of drug-likeness (QED) is 0.172. The Balaban J connectivity index is 2.63. The number of anilines is 1. The number of carbonyl (C=O) groups excluding carboxylic acids is 4. The second-order valence-electron chi connectivity index (χ2n) is 12.1. The Labute approximate surface area is 262 Å². The third-order valence-electron chi connectivity index (χ3n) is 7.13. The molecule has 0 heterocycles. The predicted octanol–water partition coefficient (Wildman–Crippen LogP) is 5.92. The number of terminal acetylenes is 1. The number of rotatable bonds is 15. The molecule has 4 amide bonds. The highest BCUT2D eigenvalue weighted by molar-refractivity contribution is 6.00. The lowest BCUT2D eigenvalue weighted by atomic mass is 9.96. The Hall–Kier alpha value is -4.32. The van der Waals surface area contributed by atoms with E-state index in [9.17, 15) is 19.2 Å². The maximum Gasteiger partial charge on any atom is 0.408 e. The van der Waals surface area contributed by atoms with Crippen molar-refractivity contribution in [2.24, 2.45) is 5.73 Å². The van der Waals surface area contributed by atoms with Crippen molar-refractivity contribution in [3.8, 4) is 12.3 Å². The Morgan fingerprint density at radius 3 is 2.16 bits per heavy atom. The molecule has 0 bridgehead atoms. The van der Waals surface area contributed by atoms with Gasteiger partial charge in [0.1, 0.15) is 17.7 Å². The molecule has 4 N–H and O–H groups in total. The fraction of sp³-hybridized carbons (Fsp3) is 0.486. The summed E-state index contributed by atoms with van der Waals surface area (Å²) in [4.78, 5) is 54.9. The minimum absolute atomic E-state index is 0.181. The van der Waals surface area contributed by atoms with Gasteiger partial charge in [0.05, 0.1) is 6.42 Å². The first-order chi connectivity index (χ1) is 20.8. The molecule has 0 spiro atoms. The average molecular weight is 605 g/mol. The summed E-state index contributed by atoms with van der Waals surface area (Å²) in [5, 5.41) is 5.55. The number of nitrogens with one attached hydrogen (secondary N) is 2. The molecule has 0 aliphatic heterocycles. The zero-order valence-corrected chi connectivity index (χ0v) is 27.0. The van der Waals surface area contributed by atoms with E-state index in [0.717, 1.165) is 43.2 Å². The fourth-order valence-corrected chi connectivity index (χ4v) is 5.00. The van der Waals surface area contributed by atoms with Gasteiger partial charge in [0, 0.05) is 17.8 Å². The van der Waals surface area contributed by atoms with Gasteiger partial charge in [-0.2, -0.15) is 0 Å². The van der Waals surface area contributed by atoms with Crippen LogP contribution in [0.4, 0.5) is 10.5 Å². The zero-order chi connectivity index (χ0) is 32.9. The normalized spacial score (nSPS) is 12.4. The van der Waals surface area contributed by atoms with Gasteiger partial charge >= 0.3 is 6.09 Å². The van der Waals surface area contributed by atoms with Crippen LogP contribution in [0, 0.1) is 26.2 Å². The molecule has 0 aliphatic rings. The number of para-hydroxylation sites is 1. The van der Waals surface area contributed by atoms with E-state index in [1.807, 2.05) is 32.0 Å². The van der Waals surface area contributed by atoms with Gasteiger partial charge in [-0.15, -0.1) is 6.42 Å². The Morgan fingerprint density at radius 2 is 1.57 bits per heavy atom.